The summed E-state index contributed by atoms with van der Waals surface area (Å²) in [5, 5.41) is 5.54. The second kappa shape index (κ2) is 10.8. The lowest BCUT2D eigenvalue weighted by Crippen LogP contribution is -2.57. The summed E-state index contributed by atoms with van der Waals surface area (Å²) in [6, 6.07) is 6.35. The van der Waals surface area contributed by atoms with Gasteiger partial charge in [0, 0.05) is 38.7 Å². The van der Waals surface area contributed by atoms with Crippen LogP contribution in [0.15, 0.2) is 24.4 Å². The van der Waals surface area contributed by atoms with E-state index in [0.717, 1.165) is 37.6 Å². The van der Waals surface area contributed by atoms with Gasteiger partial charge in [0.2, 0.25) is 15.9 Å². The zero-order valence-electron chi connectivity index (χ0n) is 21.3. The fourth-order valence-corrected chi connectivity index (χ4v) is 6.86. The van der Waals surface area contributed by atoms with E-state index in [1.54, 1.807) is 0 Å². The van der Waals surface area contributed by atoms with E-state index in [1.165, 1.54) is 17.2 Å². The van der Waals surface area contributed by atoms with Gasteiger partial charge in [-0.1, -0.05) is 6.07 Å². The number of nitrogens with zero attached hydrogens (tertiary/aromatic N) is 3. The number of ether oxygens (including phenoxy) is 2. The zero-order valence-corrected chi connectivity index (χ0v) is 22.1. The van der Waals surface area contributed by atoms with Crippen molar-refractivity contribution in [1.82, 2.24) is 19.4 Å². The topological polar surface area (TPSA) is 103 Å². The number of sulfonamides is 1. The molecule has 1 amide bonds. The highest BCUT2D eigenvalue weighted by Gasteiger charge is 2.37. The smallest absolute Gasteiger partial charge is 0.228 e. The molecule has 1 saturated carbocycles. The van der Waals surface area contributed by atoms with Crippen molar-refractivity contribution in [3.8, 4) is 0 Å². The molecule has 3 heterocycles. The molecule has 198 valence electrons. The highest BCUT2D eigenvalue weighted by Crippen LogP contribution is 2.37. The standard InChI is InChI=1S/C26H38N4O5S/c1-29-24-8-7-20(13-22(24)14-27-29)19-5-3-18(4-6-19)16-35-25-15-30(26(31)21-10-12-34-17-21)11-9-23(25)28-36(2,32)33/h7-8,13-14,18-19,21,23,25,28H,3-6,9-12,15-17H2,1-2H3/t18?,19?,21-,23+,25-/m1/s1. The zero-order chi connectivity index (χ0) is 25.3. The van der Waals surface area contributed by atoms with E-state index in [1.807, 2.05) is 22.8 Å². The Kier molecular flexibility index (Phi) is 7.67. The molecule has 3 atom stereocenters. The van der Waals surface area contributed by atoms with Crippen molar-refractivity contribution in [2.75, 3.05) is 39.2 Å². The molecule has 1 aliphatic carbocycles. The number of rotatable bonds is 7. The summed E-state index contributed by atoms with van der Waals surface area (Å²) in [7, 11) is -1.40. The first kappa shape index (κ1) is 25.6. The van der Waals surface area contributed by atoms with Crippen LogP contribution in [0.5, 0.6) is 0 Å². The number of carbonyl (C=O) groups is 1. The van der Waals surface area contributed by atoms with Crippen LogP contribution >= 0.6 is 0 Å². The first-order valence-electron chi connectivity index (χ1n) is 13.1. The highest BCUT2D eigenvalue weighted by atomic mass is 32.2. The van der Waals surface area contributed by atoms with Crippen LogP contribution in [0.2, 0.25) is 0 Å². The fraction of sp³-hybridized carbons (Fsp3) is 0.692. The molecule has 1 aromatic heterocycles. The summed E-state index contributed by atoms with van der Waals surface area (Å²) < 4.78 is 40.3. The molecule has 10 heteroatoms. The summed E-state index contributed by atoms with van der Waals surface area (Å²) in [6.45, 7) is 2.65. The summed E-state index contributed by atoms with van der Waals surface area (Å²) in [4.78, 5) is 14.8. The largest absolute Gasteiger partial charge is 0.381 e. The van der Waals surface area contributed by atoms with Gasteiger partial charge in [0.15, 0.2) is 0 Å². The number of nitrogens with one attached hydrogen (secondary N) is 1. The second-order valence-corrected chi connectivity index (χ2v) is 12.6. The first-order chi connectivity index (χ1) is 17.3. The maximum absolute atomic E-state index is 12.9. The second-order valence-electron chi connectivity index (χ2n) is 10.8. The monoisotopic (exact) mass is 518 g/mol. The lowest BCUT2D eigenvalue weighted by atomic mass is 9.79. The SMILES string of the molecule is Cn1ncc2cc(C3CCC(CO[C@@H]4CN(C(=O)[C@@H]5CCOC5)CC[C@@H]4NS(C)(=O)=O)CC3)ccc21. The average Bonchev–Trinajstić information content (AvgIpc) is 3.53. The summed E-state index contributed by atoms with van der Waals surface area (Å²) in [5.41, 5.74) is 2.53. The molecule has 0 unspecified atom stereocenters. The molecule has 2 saturated heterocycles. The fourth-order valence-electron chi connectivity index (χ4n) is 6.04. The molecular weight excluding hydrogens is 480 g/mol. The Hall–Kier alpha value is -2.01. The number of aryl methyl sites for hydroxylation is 1. The minimum absolute atomic E-state index is 0.0915. The Labute approximate surface area is 213 Å². The summed E-state index contributed by atoms with van der Waals surface area (Å²) in [5.74, 6) is 0.995. The molecule has 2 aliphatic heterocycles. The van der Waals surface area contributed by atoms with Crippen molar-refractivity contribution in [3.05, 3.63) is 30.0 Å². The number of hydrogen-bond donors (Lipinski definition) is 1. The van der Waals surface area contributed by atoms with E-state index in [4.69, 9.17) is 9.47 Å². The number of hydrogen-bond acceptors (Lipinski definition) is 6. The lowest BCUT2D eigenvalue weighted by molar-refractivity contribution is -0.140. The van der Waals surface area contributed by atoms with Crippen LogP contribution in [-0.2, 0) is 31.3 Å². The van der Waals surface area contributed by atoms with E-state index in [2.05, 4.69) is 28.0 Å². The third kappa shape index (κ3) is 5.93. The van der Waals surface area contributed by atoms with Gasteiger partial charge in [-0.05, 0) is 68.1 Å². The third-order valence-electron chi connectivity index (χ3n) is 8.15. The van der Waals surface area contributed by atoms with Crippen molar-refractivity contribution < 1.29 is 22.7 Å². The summed E-state index contributed by atoms with van der Waals surface area (Å²) >= 11 is 0. The van der Waals surface area contributed by atoms with Gasteiger partial charge < -0.3 is 14.4 Å². The Morgan fingerprint density at radius 1 is 1.19 bits per heavy atom. The molecule has 9 nitrogen and oxygen atoms in total. The predicted molar refractivity (Wildman–Crippen MR) is 137 cm³/mol. The molecule has 5 rings (SSSR count). The van der Waals surface area contributed by atoms with Crippen molar-refractivity contribution in [2.24, 2.45) is 18.9 Å². The number of aromatic nitrogens is 2. The van der Waals surface area contributed by atoms with Crippen LogP contribution in [0, 0.1) is 11.8 Å². The molecule has 0 radical (unpaired) electrons. The molecule has 1 aromatic carbocycles. The van der Waals surface area contributed by atoms with Gasteiger partial charge in [-0.3, -0.25) is 9.48 Å². The molecule has 36 heavy (non-hydrogen) atoms. The normalized spacial score (nSPS) is 29.6. The van der Waals surface area contributed by atoms with Crippen molar-refractivity contribution in [2.45, 2.75) is 56.6 Å². The van der Waals surface area contributed by atoms with Gasteiger partial charge in [-0.2, -0.15) is 5.10 Å². The van der Waals surface area contributed by atoms with Crippen LogP contribution in [0.4, 0.5) is 0 Å². The van der Waals surface area contributed by atoms with Gasteiger partial charge in [0.05, 0.1) is 42.6 Å². The number of benzene rings is 1. The maximum atomic E-state index is 12.9. The van der Waals surface area contributed by atoms with Crippen LogP contribution in [-0.4, -0.2) is 80.3 Å². The summed E-state index contributed by atoms with van der Waals surface area (Å²) in [6.07, 6.45) is 8.46. The van der Waals surface area contributed by atoms with E-state index in [9.17, 15) is 13.2 Å². The van der Waals surface area contributed by atoms with E-state index >= 15 is 0 Å². The van der Waals surface area contributed by atoms with E-state index in [0.29, 0.717) is 51.2 Å². The van der Waals surface area contributed by atoms with Crippen molar-refractivity contribution >= 4 is 26.8 Å². The van der Waals surface area contributed by atoms with Crippen LogP contribution in [0.1, 0.15) is 50.0 Å². The number of piperidine rings is 1. The van der Waals surface area contributed by atoms with Gasteiger partial charge >= 0.3 is 0 Å². The minimum atomic E-state index is -3.36. The Balaban J connectivity index is 1.17. The van der Waals surface area contributed by atoms with Gasteiger partial charge in [0.25, 0.3) is 0 Å². The molecule has 3 fully saturated rings. The van der Waals surface area contributed by atoms with Gasteiger partial charge in [0.1, 0.15) is 0 Å². The van der Waals surface area contributed by atoms with Gasteiger partial charge in [-0.15, -0.1) is 0 Å². The lowest BCUT2D eigenvalue weighted by Gasteiger charge is -2.40. The number of likely N-dealkylation sites (tertiary alicyclic amines) is 1. The highest BCUT2D eigenvalue weighted by molar-refractivity contribution is 7.88. The average molecular weight is 519 g/mol. The van der Waals surface area contributed by atoms with Crippen molar-refractivity contribution in [1.29, 1.82) is 0 Å². The molecule has 2 aromatic rings. The molecule has 0 spiro atoms. The van der Waals surface area contributed by atoms with Gasteiger partial charge in [-0.25, -0.2) is 13.1 Å². The number of carbonyl (C=O) groups excluding carboxylic acids is 1. The third-order valence-corrected chi connectivity index (χ3v) is 8.88. The molecule has 3 aliphatic rings. The predicted octanol–water partition coefficient (Wildman–Crippen LogP) is 2.42. The quantitative estimate of drug-likeness (QED) is 0.604. The van der Waals surface area contributed by atoms with E-state index < -0.39 is 10.0 Å². The Morgan fingerprint density at radius 2 is 2.00 bits per heavy atom. The van der Waals surface area contributed by atoms with Crippen molar-refractivity contribution in [3.63, 3.8) is 0 Å². The van der Waals surface area contributed by atoms with Crippen LogP contribution in [0.3, 0.4) is 0 Å². The molecular formula is C26H38N4O5S. The Bertz CT molecular complexity index is 1170. The van der Waals surface area contributed by atoms with Crippen LogP contribution < -0.4 is 4.72 Å². The maximum Gasteiger partial charge on any atom is 0.228 e. The van der Waals surface area contributed by atoms with E-state index in [-0.39, 0.29) is 24.0 Å². The number of fused-ring (bicyclic) bond motifs is 1. The minimum Gasteiger partial charge on any atom is -0.381 e. The molecule has 1 N–H and O–H groups in total. The molecule has 0 bridgehead atoms. The first-order valence-corrected chi connectivity index (χ1v) is 15.0. The number of amides is 1. The Morgan fingerprint density at radius 3 is 2.72 bits per heavy atom. The van der Waals surface area contributed by atoms with Crippen LogP contribution in [0.25, 0.3) is 10.9 Å².